The van der Waals surface area contributed by atoms with Crippen molar-refractivity contribution in [3.05, 3.63) is 157 Å². The molecule has 11 heteroatoms. The third kappa shape index (κ3) is 9.34. The molecule has 0 amide bonds. The number of hydrogen-bond acceptors (Lipinski definition) is 6. The minimum absolute atomic E-state index is 0.350. The maximum absolute atomic E-state index is 6.49. The molecule has 0 radical (unpaired) electrons. The molecule has 0 atom stereocenters. The Bertz CT molecular complexity index is 1760. The number of nitrogens with zero attached hydrogens (tertiary/aromatic N) is 2. The largest absolute Gasteiger partial charge is 0.399 e. The van der Waals surface area contributed by atoms with Crippen molar-refractivity contribution in [3.8, 4) is 0 Å². The summed E-state index contributed by atoms with van der Waals surface area (Å²) < 4.78 is 6.49. The Balaban J connectivity index is 1.31. The van der Waals surface area contributed by atoms with E-state index in [2.05, 4.69) is 118 Å². The van der Waals surface area contributed by atoms with E-state index < -0.39 is 7.26 Å². The fourth-order valence-electron chi connectivity index (χ4n) is 5.21. The van der Waals surface area contributed by atoms with Crippen molar-refractivity contribution in [2.75, 3.05) is 32.3 Å². The molecule has 0 unspecified atom stereocenters. The summed E-state index contributed by atoms with van der Waals surface area (Å²) in [5, 5.41) is 20.0. The lowest BCUT2D eigenvalue weighted by Crippen LogP contribution is -2.37. The summed E-state index contributed by atoms with van der Waals surface area (Å²) in [7, 11) is -0.374. The first-order valence-corrected chi connectivity index (χ1v) is 18.5. The van der Waals surface area contributed by atoms with Gasteiger partial charge in [-0.2, -0.15) is 10.2 Å². The Morgan fingerprint density at radius 3 is 1.51 bits per heavy atom. The zero-order chi connectivity index (χ0) is 34.3. The maximum Gasteiger partial charge on any atom is 0.187 e. The van der Waals surface area contributed by atoms with E-state index in [4.69, 9.17) is 40.0 Å². The summed E-state index contributed by atoms with van der Waals surface area (Å²) in [5.41, 5.74) is 15.2. The summed E-state index contributed by atoms with van der Waals surface area (Å²) in [5.74, 6) is 0. The van der Waals surface area contributed by atoms with Gasteiger partial charge in [-0.15, -0.1) is 0 Å². The summed E-state index contributed by atoms with van der Waals surface area (Å²) in [6, 6.07) is 49.1. The molecule has 0 saturated heterocycles. The van der Waals surface area contributed by atoms with Crippen LogP contribution in [0.1, 0.15) is 11.1 Å². The number of rotatable bonds is 13. The summed E-state index contributed by atoms with van der Waals surface area (Å²) >= 11 is 10.9. The number of hydrogen-bond donors (Lipinski definition) is 5. The molecule has 49 heavy (non-hydrogen) atoms. The summed E-state index contributed by atoms with van der Waals surface area (Å²) in [6.45, 7) is 0.923. The number of nitrogens with two attached hydrogens (primary N) is 1. The molecule has 8 nitrogen and oxygen atoms in total. The first-order valence-electron chi connectivity index (χ1n) is 15.7. The van der Waals surface area contributed by atoms with E-state index in [0.29, 0.717) is 46.8 Å². The second kappa shape index (κ2) is 18.0. The molecule has 5 aromatic carbocycles. The van der Waals surface area contributed by atoms with Crippen LogP contribution >= 0.6 is 31.7 Å². The van der Waals surface area contributed by atoms with Gasteiger partial charge in [-0.05, 0) is 73.0 Å². The van der Waals surface area contributed by atoms with Gasteiger partial charge in [0.25, 0.3) is 0 Å². The molecule has 0 fully saturated rings. The Morgan fingerprint density at radius 2 is 1.04 bits per heavy atom. The highest BCUT2D eigenvalue weighted by molar-refractivity contribution is 7.95. The van der Waals surface area contributed by atoms with Crippen LogP contribution in [0.4, 0.5) is 5.69 Å². The average Bonchev–Trinajstić information content (AvgIpc) is 3.16. The Labute approximate surface area is 299 Å². The highest BCUT2D eigenvalue weighted by Crippen LogP contribution is 2.55. The van der Waals surface area contributed by atoms with Gasteiger partial charge in [0.05, 0.1) is 6.61 Å². The van der Waals surface area contributed by atoms with E-state index >= 15 is 0 Å². The van der Waals surface area contributed by atoms with Crippen LogP contribution in [-0.2, 0) is 4.74 Å². The van der Waals surface area contributed by atoms with Crippen LogP contribution in [0.15, 0.2) is 156 Å². The molecule has 0 aromatic heterocycles. The van der Waals surface area contributed by atoms with Gasteiger partial charge in [-0.1, -0.05) is 97.1 Å². The van der Waals surface area contributed by atoms with Crippen molar-refractivity contribution >= 4 is 74.9 Å². The quantitative estimate of drug-likeness (QED) is 0.0294. The molecule has 0 aliphatic rings. The minimum atomic E-state index is -2.10. The number of nitrogens with one attached hydrogen (secondary N) is 4. The number of thiocarbonyl (C=S) groups is 2. The van der Waals surface area contributed by atoms with Gasteiger partial charge in [-0.3, -0.25) is 10.9 Å². The zero-order valence-electron chi connectivity index (χ0n) is 27.1. The van der Waals surface area contributed by atoms with Gasteiger partial charge in [0, 0.05) is 30.4 Å². The number of anilines is 1. The highest BCUT2D eigenvalue weighted by Gasteiger charge is 2.45. The lowest BCUT2D eigenvalue weighted by atomic mass is 10.00. The van der Waals surface area contributed by atoms with Crippen LogP contribution in [0.3, 0.4) is 0 Å². The highest BCUT2D eigenvalue weighted by atomic mass is 32.1. The van der Waals surface area contributed by atoms with E-state index in [1.165, 1.54) is 15.9 Å². The minimum Gasteiger partial charge on any atom is -0.399 e. The predicted molar refractivity (Wildman–Crippen MR) is 215 cm³/mol. The van der Waals surface area contributed by atoms with E-state index in [1.54, 1.807) is 7.05 Å². The van der Waals surface area contributed by atoms with Crippen LogP contribution in [0.2, 0.25) is 0 Å². The molecule has 0 spiro atoms. The normalized spacial score (nSPS) is 11.8. The fourth-order valence-corrected chi connectivity index (χ4v) is 9.19. The molecule has 5 aromatic rings. The molecule has 0 heterocycles. The van der Waals surface area contributed by atoms with Gasteiger partial charge >= 0.3 is 0 Å². The van der Waals surface area contributed by atoms with Gasteiger partial charge in [0.15, 0.2) is 16.6 Å². The van der Waals surface area contributed by atoms with E-state index in [1.807, 2.05) is 54.6 Å². The van der Waals surface area contributed by atoms with Crippen molar-refractivity contribution in [1.29, 1.82) is 0 Å². The first-order chi connectivity index (χ1) is 24.0. The van der Waals surface area contributed by atoms with E-state index in [0.717, 1.165) is 11.1 Å². The van der Waals surface area contributed by atoms with Gasteiger partial charge in [0.1, 0.15) is 34.6 Å². The Kier molecular flexibility index (Phi) is 12.9. The molecule has 248 valence electrons. The van der Waals surface area contributed by atoms with Crippen LogP contribution in [-0.4, -0.2) is 48.2 Å². The third-order valence-electron chi connectivity index (χ3n) is 7.63. The van der Waals surface area contributed by atoms with Crippen LogP contribution in [0.5, 0.6) is 0 Å². The van der Waals surface area contributed by atoms with Crippen molar-refractivity contribution in [2.24, 2.45) is 10.2 Å². The van der Waals surface area contributed by atoms with Gasteiger partial charge in [-0.25, -0.2) is 0 Å². The number of nitrogen functional groups attached to an aromatic ring is 1. The lowest BCUT2D eigenvalue weighted by Gasteiger charge is -2.27. The van der Waals surface area contributed by atoms with Crippen LogP contribution < -0.4 is 43.1 Å². The monoisotopic (exact) mass is 704 g/mol. The molecule has 0 bridgehead atoms. The van der Waals surface area contributed by atoms with Crippen molar-refractivity contribution in [2.45, 2.75) is 0 Å². The van der Waals surface area contributed by atoms with Crippen molar-refractivity contribution < 1.29 is 4.74 Å². The Morgan fingerprint density at radius 1 is 0.612 bits per heavy atom. The third-order valence-corrected chi connectivity index (χ3v) is 12.3. The molecular weight excluding hydrogens is 666 g/mol. The average molecular weight is 705 g/mol. The topological polar surface area (TPSA) is 108 Å². The van der Waals surface area contributed by atoms with E-state index in [9.17, 15) is 0 Å². The smallest absolute Gasteiger partial charge is 0.187 e. The van der Waals surface area contributed by atoms with Crippen molar-refractivity contribution in [3.63, 3.8) is 0 Å². The first kappa shape index (κ1) is 35.3. The SMILES string of the molecule is CNC(=S)NN=C(C(=NNC(=S)NCCOC[P+](c1ccccc1)(c1ccccc1)c1ccccc1)c1ccccc1)c1ccc(N)cc1. The molecular formula is C38H39N7OPS2+. The van der Waals surface area contributed by atoms with Crippen molar-refractivity contribution in [1.82, 2.24) is 21.5 Å². The Hall–Kier alpha value is -4.99. The maximum atomic E-state index is 6.49. The molecule has 6 N–H and O–H groups in total. The zero-order valence-corrected chi connectivity index (χ0v) is 29.6. The fraction of sp³-hybridized carbons (Fsp3) is 0.105. The van der Waals surface area contributed by atoms with Gasteiger partial charge in [0.2, 0.25) is 0 Å². The number of benzene rings is 5. The van der Waals surface area contributed by atoms with Gasteiger partial charge < -0.3 is 21.1 Å². The standard InChI is InChI=1S/C38H38N7OPS2/c1-40-37(48)44-42-36(30-22-24-31(39)25-23-30)35(29-14-6-2-7-15-29)43-45-38(49)41-26-27-46-28-47(32-16-8-3-9-17-32,33-18-10-4-11-19-33)34-20-12-5-13-21-34/h2-25H,26-28H2,1H3,(H5-,39,40,41,42,43,44,45,48,49)/p+1. The van der Waals surface area contributed by atoms with E-state index in [-0.39, 0.29) is 0 Å². The summed E-state index contributed by atoms with van der Waals surface area (Å²) in [4.78, 5) is 0. The second-order valence-corrected chi connectivity index (χ2v) is 15.1. The second-order valence-electron chi connectivity index (χ2n) is 10.8. The van der Waals surface area contributed by atoms with Crippen LogP contribution in [0.25, 0.3) is 0 Å². The molecule has 0 aliphatic carbocycles. The lowest BCUT2D eigenvalue weighted by molar-refractivity contribution is 0.185. The molecule has 0 aliphatic heterocycles. The molecule has 5 rings (SSSR count). The summed E-state index contributed by atoms with van der Waals surface area (Å²) in [6.07, 6.45) is 0.548. The number of hydrazone groups is 2. The number of ether oxygens (including phenoxy) is 1. The molecule has 0 saturated carbocycles. The van der Waals surface area contributed by atoms with Crippen LogP contribution in [0, 0.1) is 0 Å². The predicted octanol–water partition coefficient (Wildman–Crippen LogP) is 4.90.